The van der Waals surface area contributed by atoms with E-state index in [9.17, 15) is 35.1 Å². The summed E-state index contributed by atoms with van der Waals surface area (Å²) in [5.74, 6) is -11.8. The van der Waals surface area contributed by atoms with Crippen LogP contribution in [0.2, 0.25) is 0 Å². The van der Waals surface area contributed by atoms with Crippen molar-refractivity contribution >= 4 is 11.8 Å². The summed E-state index contributed by atoms with van der Waals surface area (Å²) < 4.78 is 99.7. The molecule has 1 rings (SSSR count). The number of halogens is 8. The Morgan fingerprint density at radius 3 is 1.58 bits per heavy atom. The SMILES string of the molecule is Fc1c(F)c(F)c(CSCCC(F)(F)F)c(F)c1F. The van der Waals surface area contributed by atoms with Gasteiger partial charge in [-0.2, -0.15) is 24.9 Å². The molecule has 0 saturated carbocycles. The molecule has 0 atom stereocenters. The summed E-state index contributed by atoms with van der Waals surface area (Å²) in [6.45, 7) is 0. The lowest BCUT2D eigenvalue weighted by atomic mass is 10.2. The van der Waals surface area contributed by atoms with E-state index in [1.807, 2.05) is 0 Å². The van der Waals surface area contributed by atoms with Crippen molar-refractivity contribution in [2.45, 2.75) is 18.3 Å². The van der Waals surface area contributed by atoms with E-state index in [2.05, 4.69) is 0 Å². The highest BCUT2D eigenvalue weighted by molar-refractivity contribution is 7.98. The maximum Gasteiger partial charge on any atom is 0.389 e. The van der Waals surface area contributed by atoms with Gasteiger partial charge in [-0.25, -0.2) is 22.0 Å². The Balaban J connectivity index is 2.80. The molecule has 19 heavy (non-hydrogen) atoms. The van der Waals surface area contributed by atoms with Gasteiger partial charge >= 0.3 is 6.18 Å². The Morgan fingerprint density at radius 2 is 1.16 bits per heavy atom. The number of thioether (sulfide) groups is 1. The summed E-state index contributed by atoms with van der Waals surface area (Å²) in [7, 11) is 0. The van der Waals surface area contributed by atoms with Gasteiger partial charge in [-0.05, 0) is 0 Å². The molecule has 0 spiro atoms. The van der Waals surface area contributed by atoms with Crippen LogP contribution in [0.5, 0.6) is 0 Å². The second kappa shape index (κ2) is 5.98. The van der Waals surface area contributed by atoms with Gasteiger partial charge in [-0.3, -0.25) is 0 Å². The van der Waals surface area contributed by atoms with Crippen molar-refractivity contribution in [2.75, 3.05) is 5.75 Å². The Kier molecular flexibility index (Phi) is 5.05. The first kappa shape index (κ1) is 16.1. The minimum atomic E-state index is -4.44. The molecule has 0 aliphatic heterocycles. The molecule has 0 N–H and O–H groups in total. The molecule has 108 valence electrons. The molecule has 0 saturated heterocycles. The fourth-order valence-corrected chi connectivity index (χ4v) is 2.12. The lowest BCUT2D eigenvalue weighted by Gasteiger charge is -2.09. The van der Waals surface area contributed by atoms with Crippen LogP contribution in [-0.2, 0) is 5.75 Å². The van der Waals surface area contributed by atoms with E-state index in [1.165, 1.54) is 0 Å². The highest BCUT2D eigenvalue weighted by Crippen LogP contribution is 2.28. The molecule has 1 aromatic rings. The van der Waals surface area contributed by atoms with Gasteiger partial charge in [0, 0.05) is 17.1 Å². The molecule has 0 heterocycles. The molecule has 1 aromatic carbocycles. The third-order valence-corrected chi connectivity index (χ3v) is 3.06. The van der Waals surface area contributed by atoms with Gasteiger partial charge in [0.2, 0.25) is 5.82 Å². The first-order valence-corrected chi connectivity index (χ1v) is 5.95. The lowest BCUT2D eigenvalue weighted by Crippen LogP contribution is -2.09. The van der Waals surface area contributed by atoms with Gasteiger partial charge in [0.25, 0.3) is 0 Å². The van der Waals surface area contributed by atoms with Crippen LogP contribution in [0.3, 0.4) is 0 Å². The van der Waals surface area contributed by atoms with Crippen LogP contribution in [0, 0.1) is 29.1 Å². The number of rotatable bonds is 4. The second-order valence-electron chi connectivity index (χ2n) is 3.47. The average molecular weight is 310 g/mol. The highest BCUT2D eigenvalue weighted by Gasteiger charge is 2.28. The molecule has 0 bridgehead atoms. The summed E-state index contributed by atoms with van der Waals surface area (Å²) in [6.07, 6.45) is -5.66. The zero-order chi connectivity index (χ0) is 14.8. The lowest BCUT2D eigenvalue weighted by molar-refractivity contribution is -0.129. The molecule has 0 aliphatic rings. The Bertz CT molecular complexity index is 439. The Hall–Kier alpha value is -0.990. The van der Waals surface area contributed by atoms with E-state index in [4.69, 9.17) is 0 Å². The fourth-order valence-electron chi connectivity index (χ4n) is 1.14. The van der Waals surface area contributed by atoms with E-state index >= 15 is 0 Å². The van der Waals surface area contributed by atoms with Crippen molar-refractivity contribution in [1.82, 2.24) is 0 Å². The smallest absolute Gasteiger partial charge is 0.203 e. The van der Waals surface area contributed by atoms with Crippen molar-refractivity contribution < 1.29 is 35.1 Å². The molecule has 0 unspecified atom stereocenters. The van der Waals surface area contributed by atoms with E-state index in [1.54, 1.807) is 0 Å². The molecule has 0 nitrogen and oxygen atoms in total. The van der Waals surface area contributed by atoms with Crippen LogP contribution in [0.1, 0.15) is 12.0 Å². The number of benzene rings is 1. The zero-order valence-corrected chi connectivity index (χ0v) is 9.87. The molecule has 0 aromatic heterocycles. The third-order valence-electron chi connectivity index (χ3n) is 2.08. The van der Waals surface area contributed by atoms with Crippen LogP contribution in [-0.4, -0.2) is 11.9 Å². The van der Waals surface area contributed by atoms with Crippen molar-refractivity contribution in [3.8, 4) is 0 Å². The Labute approximate surface area is 106 Å². The average Bonchev–Trinajstić information content (AvgIpc) is 2.32. The fraction of sp³-hybridized carbons (Fsp3) is 0.400. The van der Waals surface area contributed by atoms with Gasteiger partial charge in [0.1, 0.15) is 0 Å². The predicted octanol–water partition coefficient (Wildman–Crippen LogP) is 4.57. The van der Waals surface area contributed by atoms with Gasteiger partial charge in [-0.1, -0.05) is 0 Å². The highest BCUT2D eigenvalue weighted by atomic mass is 32.2. The normalized spacial score (nSPS) is 12.0. The minimum absolute atomic E-state index is 0.429. The summed E-state index contributed by atoms with van der Waals surface area (Å²) in [6, 6.07) is 0. The zero-order valence-electron chi connectivity index (χ0n) is 9.05. The number of hydrogen-bond acceptors (Lipinski definition) is 1. The summed E-state index contributed by atoms with van der Waals surface area (Å²) in [5, 5.41) is 0. The van der Waals surface area contributed by atoms with E-state index in [0.717, 1.165) is 0 Å². The standard InChI is InChI=1S/C10H6F8S/c11-5-4(3-19-2-1-10(16,17)18)6(12)8(14)9(15)7(5)13/h1-3H2. The first-order valence-electron chi connectivity index (χ1n) is 4.80. The quantitative estimate of drug-likeness (QED) is 0.340. The maximum absolute atomic E-state index is 13.1. The maximum atomic E-state index is 13.1. The minimum Gasteiger partial charge on any atom is -0.203 e. The van der Waals surface area contributed by atoms with Gasteiger partial charge in [0.15, 0.2) is 23.3 Å². The third kappa shape index (κ3) is 3.99. The van der Waals surface area contributed by atoms with E-state index in [0.29, 0.717) is 11.8 Å². The largest absolute Gasteiger partial charge is 0.389 e. The van der Waals surface area contributed by atoms with Gasteiger partial charge < -0.3 is 0 Å². The van der Waals surface area contributed by atoms with E-state index < -0.39 is 58.8 Å². The monoisotopic (exact) mass is 310 g/mol. The van der Waals surface area contributed by atoms with Gasteiger partial charge in [0.05, 0.1) is 6.42 Å². The van der Waals surface area contributed by atoms with Gasteiger partial charge in [-0.15, -0.1) is 0 Å². The van der Waals surface area contributed by atoms with Crippen LogP contribution in [0.15, 0.2) is 0 Å². The van der Waals surface area contributed by atoms with Crippen molar-refractivity contribution in [1.29, 1.82) is 0 Å². The summed E-state index contributed by atoms with van der Waals surface area (Å²) in [5.41, 5.74) is -1.12. The molecule has 0 radical (unpaired) electrons. The van der Waals surface area contributed by atoms with Crippen LogP contribution >= 0.6 is 11.8 Å². The Morgan fingerprint density at radius 1 is 0.737 bits per heavy atom. The van der Waals surface area contributed by atoms with Crippen LogP contribution in [0.4, 0.5) is 35.1 Å². The van der Waals surface area contributed by atoms with Crippen molar-refractivity contribution in [3.05, 3.63) is 34.6 Å². The molecular weight excluding hydrogens is 304 g/mol. The summed E-state index contributed by atoms with van der Waals surface area (Å²) in [4.78, 5) is 0. The van der Waals surface area contributed by atoms with Crippen LogP contribution < -0.4 is 0 Å². The molecule has 0 aliphatic carbocycles. The van der Waals surface area contributed by atoms with Crippen molar-refractivity contribution in [2.24, 2.45) is 0 Å². The van der Waals surface area contributed by atoms with E-state index in [-0.39, 0.29) is 0 Å². The number of hydrogen-bond donors (Lipinski definition) is 0. The predicted molar refractivity (Wildman–Crippen MR) is 53.1 cm³/mol. The topological polar surface area (TPSA) is 0 Å². The van der Waals surface area contributed by atoms with Crippen LogP contribution in [0.25, 0.3) is 0 Å². The second-order valence-corrected chi connectivity index (χ2v) is 4.57. The molecule has 0 fully saturated rings. The first-order chi connectivity index (χ1) is 8.65. The molecule has 9 heteroatoms. The van der Waals surface area contributed by atoms with Crippen molar-refractivity contribution in [3.63, 3.8) is 0 Å². The summed E-state index contributed by atoms with van der Waals surface area (Å²) >= 11 is 0.429. The number of alkyl halides is 3. The molecule has 0 amide bonds. The molecular formula is C10H6F8S.